The Balaban J connectivity index is 1.70. The predicted molar refractivity (Wildman–Crippen MR) is 95.0 cm³/mol. The minimum absolute atomic E-state index is 0.0813. The molecule has 1 atom stereocenters. The van der Waals surface area contributed by atoms with Crippen LogP contribution in [-0.4, -0.2) is 33.7 Å². The molecule has 0 aliphatic carbocycles. The fourth-order valence-electron chi connectivity index (χ4n) is 2.82. The zero-order chi connectivity index (χ0) is 17.3. The highest BCUT2D eigenvalue weighted by molar-refractivity contribution is 7.89. The maximum atomic E-state index is 12.3. The van der Waals surface area contributed by atoms with E-state index in [1.807, 2.05) is 25.2 Å². The molecule has 0 spiro atoms. The fourth-order valence-corrected chi connectivity index (χ4v) is 4.16. The molecule has 7 heteroatoms. The minimum Gasteiger partial charge on any atom is -0.387 e. The molecule has 0 fully saturated rings. The lowest BCUT2D eigenvalue weighted by molar-refractivity contribution is 0.182. The number of aliphatic hydroxyl groups is 1. The van der Waals surface area contributed by atoms with Gasteiger partial charge in [-0.3, -0.25) is 0 Å². The molecule has 24 heavy (non-hydrogen) atoms. The van der Waals surface area contributed by atoms with Gasteiger partial charge in [0.1, 0.15) is 0 Å². The molecule has 1 aliphatic rings. The van der Waals surface area contributed by atoms with Crippen molar-refractivity contribution in [2.75, 3.05) is 25.0 Å². The van der Waals surface area contributed by atoms with Crippen LogP contribution in [0.15, 0.2) is 47.4 Å². The summed E-state index contributed by atoms with van der Waals surface area (Å²) in [6.45, 7) is 0.861. The van der Waals surface area contributed by atoms with Crippen molar-refractivity contribution < 1.29 is 13.5 Å². The third kappa shape index (κ3) is 3.57. The van der Waals surface area contributed by atoms with Gasteiger partial charge < -0.3 is 10.0 Å². The molecular weight excluding hydrogens is 348 g/mol. The number of rotatable bonds is 5. The summed E-state index contributed by atoms with van der Waals surface area (Å²) in [5.41, 5.74) is 3.04. The van der Waals surface area contributed by atoms with Crippen molar-refractivity contribution in [3.63, 3.8) is 0 Å². The van der Waals surface area contributed by atoms with E-state index in [1.54, 1.807) is 12.1 Å². The van der Waals surface area contributed by atoms with Gasteiger partial charge in [0.2, 0.25) is 10.0 Å². The average molecular weight is 367 g/mol. The van der Waals surface area contributed by atoms with Crippen LogP contribution in [0, 0.1) is 0 Å². The van der Waals surface area contributed by atoms with Gasteiger partial charge in [0.15, 0.2) is 0 Å². The van der Waals surface area contributed by atoms with Gasteiger partial charge in [-0.15, -0.1) is 0 Å². The van der Waals surface area contributed by atoms with E-state index in [1.165, 1.54) is 17.7 Å². The van der Waals surface area contributed by atoms with E-state index in [0.717, 1.165) is 18.7 Å². The topological polar surface area (TPSA) is 69.6 Å². The number of benzene rings is 2. The molecule has 1 unspecified atom stereocenters. The molecule has 1 heterocycles. The summed E-state index contributed by atoms with van der Waals surface area (Å²) in [6.07, 6.45) is 0.0239. The lowest BCUT2D eigenvalue weighted by Gasteiger charge is -2.15. The summed E-state index contributed by atoms with van der Waals surface area (Å²) in [7, 11) is -1.68. The Labute approximate surface area is 146 Å². The molecule has 0 aromatic heterocycles. The molecule has 0 saturated heterocycles. The van der Waals surface area contributed by atoms with Gasteiger partial charge in [-0.2, -0.15) is 0 Å². The molecule has 2 aromatic carbocycles. The van der Waals surface area contributed by atoms with E-state index >= 15 is 0 Å². The van der Waals surface area contributed by atoms with Crippen LogP contribution in [0.3, 0.4) is 0 Å². The molecule has 0 bridgehead atoms. The Morgan fingerprint density at radius 2 is 2.08 bits per heavy atom. The predicted octanol–water partition coefficient (Wildman–Crippen LogP) is 2.34. The van der Waals surface area contributed by atoms with Crippen molar-refractivity contribution in [3.05, 3.63) is 58.6 Å². The van der Waals surface area contributed by atoms with Crippen LogP contribution >= 0.6 is 11.6 Å². The SMILES string of the molecule is CN1CCc2cc(C(O)CNS(=O)(=O)c3cccc(Cl)c3)ccc21. The van der Waals surface area contributed by atoms with E-state index in [9.17, 15) is 13.5 Å². The van der Waals surface area contributed by atoms with Gasteiger partial charge in [-0.1, -0.05) is 29.8 Å². The van der Waals surface area contributed by atoms with Crippen LogP contribution in [0.5, 0.6) is 0 Å². The second-order valence-corrected chi connectivity index (χ2v) is 8.09. The zero-order valence-corrected chi connectivity index (χ0v) is 14.8. The van der Waals surface area contributed by atoms with Crippen molar-refractivity contribution in [2.45, 2.75) is 17.4 Å². The fraction of sp³-hybridized carbons (Fsp3) is 0.294. The van der Waals surface area contributed by atoms with Crippen LogP contribution in [-0.2, 0) is 16.4 Å². The molecule has 0 amide bonds. The number of sulfonamides is 1. The highest BCUT2D eigenvalue weighted by Gasteiger charge is 2.20. The van der Waals surface area contributed by atoms with Crippen molar-refractivity contribution in [1.82, 2.24) is 4.72 Å². The number of halogens is 1. The van der Waals surface area contributed by atoms with Crippen LogP contribution < -0.4 is 9.62 Å². The molecule has 0 saturated carbocycles. The van der Waals surface area contributed by atoms with E-state index in [2.05, 4.69) is 9.62 Å². The van der Waals surface area contributed by atoms with Crippen molar-refractivity contribution in [1.29, 1.82) is 0 Å². The van der Waals surface area contributed by atoms with E-state index in [-0.39, 0.29) is 11.4 Å². The third-order valence-corrected chi connectivity index (χ3v) is 5.85. The number of hydrogen-bond donors (Lipinski definition) is 2. The molecule has 5 nitrogen and oxygen atoms in total. The number of likely N-dealkylation sites (N-methyl/N-ethyl adjacent to an activating group) is 1. The quantitative estimate of drug-likeness (QED) is 0.852. The largest absolute Gasteiger partial charge is 0.387 e. The summed E-state index contributed by atoms with van der Waals surface area (Å²) in [5.74, 6) is 0. The van der Waals surface area contributed by atoms with Crippen LogP contribution in [0.2, 0.25) is 5.02 Å². The summed E-state index contributed by atoms with van der Waals surface area (Å²) in [5, 5.41) is 10.7. The maximum Gasteiger partial charge on any atom is 0.240 e. The van der Waals surface area contributed by atoms with Crippen LogP contribution in [0.4, 0.5) is 5.69 Å². The van der Waals surface area contributed by atoms with Gasteiger partial charge in [0, 0.05) is 30.8 Å². The lowest BCUT2D eigenvalue weighted by atomic mass is 10.0. The minimum atomic E-state index is -3.71. The van der Waals surface area contributed by atoms with E-state index < -0.39 is 16.1 Å². The number of hydrogen-bond acceptors (Lipinski definition) is 4. The van der Waals surface area contributed by atoms with Crippen LogP contribution in [0.25, 0.3) is 0 Å². The van der Waals surface area contributed by atoms with Crippen molar-refractivity contribution in [2.24, 2.45) is 0 Å². The van der Waals surface area contributed by atoms with Crippen molar-refractivity contribution >= 4 is 27.3 Å². The van der Waals surface area contributed by atoms with Crippen molar-refractivity contribution in [3.8, 4) is 0 Å². The molecule has 3 rings (SSSR count). The molecule has 128 valence electrons. The highest BCUT2D eigenvalue weighted by atomic mass is 35.5. The standard InChI is InChI=1S/C17H19ClN2O3S/c1-20-8-7-12-9-13(5-6-16(12)20)17(21)11-19-24(22,23)15-4-2-3-14(18)10-15/h2-6,9-10,17,19,21H,7-8,11H2,1H3. The van der Waals surface area contributed by atoms with Gasteiger partial charge in [-0.25, -0.2) is 13.1 Å². The van der Waals surface area contributed by atoms with Crippen LogP contribution in [0.1, 0.15) is 17.2 Å². The Morgan fingerprint density at radius 1 is 1.29 bits per heavy atom. The second kappa shape index (κ2) is 6.72. The smallest absolute Gasteiger partial charge is 0.240 e. The molecular formula is C17H19ClN2O3S. The number of nitrogens with one attached hydrogen (secondary N) is 1. The van der Waals surface area contributed by atoms with E-state index in [4.69, 9.17) is 11.6 Å². The summed E-state index contributed by atoms with van der Waals surface area (Å²) < 4.78 is 27.0. The monoisotopic (exact) mass is 366 g/mol. The normalized spacial score (nSPS) is 15.4. The summed E-state index contributed by atoms with van der Waals surface area (Å²) in [4.78, 5) is 2.24. The average Bonchev–Trinajstić information content (AvgIpc) is 2.93. The van der Waals surface area contributed by atoms with Gasteiger partial charge in [0.05, 0.1) is 11.0 Å². The summed E-state index contributed by atoms with van der Waals surface area (Å²) >= 11 is 5.83. The molecule has 0 radical (unpaired) electrons. The number of aliphatic hydroxyl groups excluding tert-OH is 1. The first-order chi connectivity index (χ1) is 11.4. The van der Waals surface area contributed by atoms with Gasteiger partial charge in [0.25, 0.3) is 0 Å². The molecule has 2 N–H and O–H groups in total. The lowest BCUT2D eigenvalue weighted by Crippen LogP contribution is -2.28. The first kappa shape index (κ1) is 17.2. The Hall–Kier alpha value is -1.60. The highest BCUT2D eigenvalue weighted by Crippen LogP contribution is 2.29. The zero-order valence-electron chi connectivity index (χ0n) is 13.2. The maximum absolute atomic E-state index is 12.3. The number of nitrogens with zero attached hydrogens (tertiary/aromatic N) is 1. The van der Waals surface area contributed by atoms with E-state index in [0.29, 0.717) is 10.6 Å². The Kier molecular flexibility index (Phi) is 4.83. The summed E-state index contributed by atoms with van der Waals surface area (Å²) in [6, 6.07) is 11.8. The Bertz CT molecular complexity index is 855. The second-order valence-electron chi connectivity index (χ2n) is 5.88. The number of anilines is 1. The third-order valence-electron chi connectivity index (χ3n) is 4.19. The van der Waals surface area contributed by atoms with Gasteiger partial charge in [-0.05, 0) is 41.8 Å². The molecule has 1 aliphatic heterocycles. The first-order valence-electron chi connectivity index (χ1n) is 7.64. The first-order valence-corrected chi connectivity index (χ1v) is 9.50. The van der Waals surface area contributed by atoms with Gasteiger partial charge >= 0.3 is 0 Å². The Morgan fingerprint density at radius 3 is 2.83 bits per heavy atom. The number of fused-ring (bicyclic) bond motifs is 1. The molecule has 2 aromatic rings.